The summed E-state index contributed by atoms with van der Waals surface area (Å²) in [5.41, 5.74) is 0. The average Bonchev–Trinajstić information content (AvgIpc) is 2.89. The average molecular weight is 250 g/mol. The van der Waals surface area contributed by atoms with E-state index in [1.807, 2.05) is 6.92 Å². The van der Waals surface area contributed by atoms with Gasteiger partial charge in [-0.2, -0.15) is 4.98 Å². The van der Waals surface area contributed by atoms with Crippen LogP contribution in [0.5, 0.6) is 0 Å². The largest absolute Gasteiger partial charge is 0.393 e. The Morgan fingerprint density at radius 2 is 2.22 bits per heavy atom. The third kappa shape index (κ3) is 3.19. The van der Waals surface area contributed by atoms with E-state index < -0.39 is 0 Å². The first-order valence-electron chi connectivity index (χ1n) is 6.83. The minimum absolute atomic E-state index is 0.180. The predicted molar refractivity (Wildman–Crippen MR) is 69.0 cm³/mol. The van der Waals surface area contributed by atoms with E-state index in [2.05, 4.69) is 29.2 Å². The van der Waals surface area contributed by atoms with Gasteiger partial charge in [0.15, 0.2) is 5.82 Å². The first kappa shape index (κ1) is 13.3. The van der Waals surface area contributed by atoms with Gasteiger partial charge in [0.05, 0.1) is 6.10 Å². The summed E-state index contributed by atoms with van der Waals surface area (Å²) in [4.78, 5) is 4.25. The summed E-state index contributed by atoms with van der Waals surface area (Å²) in [6.07, 6.45) is 8.91. The lowest BCUT2D eigenvalue weighted by Crippen LogP contribution is -2.20. The van der Waals surface area contributed by atoms with Gasteiger partial charge in [-0.3, -0.25) is 0 Å². The van der Waals surface area contributed by atoms with Gasteiger partial charge in [-0.05, 0) is 44.4 Å². The fraction of sp³-hybridized carbons (Fsp3) is 0.714. The second kappa shape index (κ2) is 6.14. The topological polar surface area (TPSA) is 59.2 Å². The molecule has 1 aliphatic carbocycles. The molecule has 0 aromatic carbocycles. The van der Waals surface area contributed by atoms with Crippen LogP contribution >= 0.6 is 0 Å². The van der Waals surface area contributed by atoms with Crippen molar-refractivity contribution < 1.29 is 9.63 Å². The van der Waals surface area contributed by atoms with Crippen LogP contribution in [0.2, 0.25) is 0 Å². The maximum Gasteiger partial charge on any atom is 0.226 e. The third-order valence-electron chi connectivity index (χ3n) is 3.75. The lowest BCUT2D eigenvalue weighted by molar-refractivity contribution is 0.117. The Morgan fingerprint density at radius 3 is 2.89 bits per heavy atom. The van der Waals surface area contributed by atoms with Crippen molar-refractivity contribution in [3.63, 3.8) is 0 Å². The lowest BCUT2D eigenvalue weighted by Gasteiger charge is -2.19. The molecule has 0 aliphatic heterocycles. The molecule has 1 aromatic rings. The van der Waals surface area contributed by atoms with Gasteiger partial charge in [0.1, 0.15) is 0 Å². The van der Waals surface area contributed by atoms with Crippen molar-refractivity contribution in [2.24, 2.45) is 11.8 Å². The van der Waals surface area contributed by atoms with Crippen molar-refractivity contribution >= 4 is 0 Å². The third-order valence-corrected chi connectivity index (χ3v) is 3.75. The Morgan fingerprint density at radius 1 is 1.39 bits per heavy atom. The minimum Gasteiger partial charge on any atom is -0.393 e. The highest BCUT2D eigenvalue weighted by molar-refractivity contribution is 4.95. The molecule has 3 atom stereocenters. The smallest absolute Gasteiger partial charge is 0.226 e. The van der Waals surface area contributed by atoms with Crippen LogP contribution in [0.1, 0.15) is 44.3 Å². The zero-order chi connectivity index (χ0) is 13.0. The number of aliphatic hydroxyl groups excluding tert-OH is 1. The van der Waals surface area contributed by atoms with Crippen molar-refractivity contribution in [2.75, 3.05) is 0 Å². The zero-order valence-corrected chi connectivity index (χ0v) is 11.2. The number of aliphatic hydroxyl groups is 1. The molecule has 0 saturated heterocycles. The molecule has 1 saturated carbocycles. The molecular weight excluding hydrogens is 228 g/mol. The monoisotopic (exact) mass is 250 g/mol. The first-order chi connectivity index (χ1) is 8.70. The molecule has 1 aliphatic rings. The van der Waals surface area contributed by atoms with Gasteiger partial charge in [-0.15, -0.1) is 0 Å². The standard InChI is InChI=1S/C14H22N2O2/c1-3-4-5-6-12-11(7-8-13(12)17)9-14-15-10(2)16-18-14/h4-5,11-13,17H,3,6-9H2,1-2H3. The Hall–Kier alpha value is -1.16. The molecule has 4 nitrogen and oxygen atoms in total. The van der Waals surface area contributed by atoms with E-state index in [-0.39, 0.29) is 6.10 Å². The molecule has 100 valence electrons. The predicted octanol–water partition coefficient (Wildman–Crippen LogP) is 2.66. The Bertz CT molecular complexity index is 400. The number of aromatic nitrogens is 2. The van der Waals surface area contributed by atoms with E-state index in [0.29, 0.717) is 23.6 Å². The molecule has 2 rings (SSSR count). The van der Waals surface area contributed by atoms with Gasteiger partial charge in [-0.25, -0.2) is 0 Å². The van der Waals surface area contributed by atoms with Crippen molar-refractivity contribution in [3.8, 4) is 0 Å². The second-order valence-electron chi connectivity index (χ2n) is 5.12. The molecular formula is C14H22N2O2. The SMILES string of the molecule is CCC=CCC1C(O)CCC1Cc1nc(C)no1. The van der Waals surface area contributed by atoms with Gasteiger partial charge < -0.3 is 9.63 Å². The minimum atomic E-state index is -0.180. The maximum absolute atomic E-state index is 10.0. The molecule has 0 spiro atoms. The van der Waals surface area contributed by atoms with E-state index in [9.17, 15) is 5.11 Å². The van der Waals surface area contributed by atoms with E-state index in [4.69, 9.17) is 4.52 Å². The van der Waals surface area contributed by atoms with Crippen LogP contribution in [0.15, 0.2) is 16.7 Å². The molecule has 1 aromatic heterocycles. The number of hydrogen-bond acceptors (Lipinski definition) is 4. The molecule has 1 N–H and O–H groups in total. The quantitative estimate of drug-likeness (QED) is 0.816. The molecule has 0 amide bonds. The highest BCUT2D eigenvalue weighted by atomic mass is 16.5. The van der Waals surface area contributed by atoms with E-state index in [0.717, 1.165) is 32.1 Å². The Balaban J connectivity index is 1.95. The summed E-state index contributed by atoms with van der Waals surface area (Å²) < 4.78 is 5.17. The number of hydrogen-bond donors (Lipinski definition) is 1. The van der Waals surface area contributed by atoms with Crippen molar-refractivity contribution in [2.45, 2.75) is 52.1 Å². The zero-order valence-electron chi connectivity index (χ0n) is 11.2. The summed E-state index contributed by atoms with van der Waals surface area (Å²) >= 11 is 0. The highest BCUT2D eigenvalue weighted by Gasteiger charge is 2.34. The van der Waals surface area contributed by atoms with Gasteiger partial charge in [-0.1, -0.05) is 24.2 Å². The van der Waals surface area contributed by atoms with Crippen LogP contribution in [-0.2, 0) is 6.42 Å². The molecule has 18 heavy (non-hydrogen) atoms. The fourth-order valence-corrected chi connectivity index (χ4v) is 2.80. The van der Waals surface area contributed by atoms with Crippen LogP contribution in [-0.4, -0.2) is 21.4 Å². The van der Waals surface area contributed by atoms with Crippen LogP contribution in [0.25, 0.3) is 0 Å². The van der Waals surface area contributed by atoms with Crippen molar-refractivity contribution in [1.29, 1.82) is 0 Å². The van der Waals surface area contributed by atoms with Crippen LogP contribution in [0.3, 0.4) is 0 Å². The molecule has 0 bridgehead atoms. The Kier molecular flexibility index (Phi) is 4.53. The van der Waals surface area contributed by atoms with Crippen molar-refractivity contribution in [3.05, 3.63) is 23.9 Å². The van der Waals surface area contributed by atoms with Gasteiger partial charge >= 0.3 is 0 Å². The number of allylic oxidation sites excluding steroid dienone is 2. The van der Waals surface area contributed by atoms with Crippen LogP contribution < -0.4 is 0 Å². The summed E-state index contributed by atoms with van der Waals surface area (Å²) in [5.74, 6) is 2.18. The second-order valence-corrected chi connectivity index (χ2v) is 5.12. The summed E-state index contributed by atoms with van der Waals surface area (Å²) in [6.45, 7) is 3.96. The normalized spacial score (nSPS) is 28.3. The summed E-state index contributed by atoms with van der Waals surface area (Å²) in [7, 11) is 0. The number of aryl methyl sites for hydroxylation is 1. The molecule has 3 unspecified atom stereocenters. The summed E-state index contributed by atoms with van der Waals surface area (Å²) in [6, 6.07) is 0. The highest BCUT2D eigenvalue weighted by Crippen LogP contribution is 2.36. The molecule has 0 radical (unpaired) electrons. The van der Waals surface area contributed by atoms with Crippen molar-refractivity contribution in [1.82, 2.24) is 10.1 Å². The molecule has 1 fully saturated rings. The summed E-state index contributed by atoms with van der Waals surface area (Å²) in [5, 5.41) is 13.9. The van der Waals surface area contributed by atoms with Crippen LogP contribution in [0.4, 0.5) is 0 Å². The van der Waals surface area contributed by atoms with E-state index in [1.54, 1.807) is 0 Å². The number of rotatable bonds is 5. The van der Waals surface area contributed by atoms with E-state index in [1.165, 1.54) is 0 Å². The first-order valence-corrected chi connectivity index (χ1v) is 6.83. The maximum atomic E-state index is 10.0. The lowest BCUT2D eigenvalue weighted by atomic mass is 9.89. The van der Waals surface area contributed by atoms with Gasteiger partial charge in [0.2, 0.25) is 5.89 Å². The Labute approximate surface area is 108 Å². The fourth-order valence-electron chi connectivity index (χ4n) is 2.80. The number of nitrogens with zero attached hydrogens (tertiary/aromatic N) is 2. The molecule has 1 heterocycles. The van der Waals surface area contributed by atoms with E-state index >= 15 is 0 Å². The van der Waals surface area contributed by atoms with Crippen LogP contribution in [0, 0.1) is 18.8 Å². The van der Waals surface area contributed by atoms with Gasteiger partial charge in [0, 0.05) is 6.42 Å². The van der Waals surface area contributed by atoms with Gasteiger partial charge in [0.25, 0.3) is 0 Å². The molecule has 4 heteroatoms.